The number of carbonyl (C=O) groups is 2. The van der Waals surface area contributed by atoms with Crippen LogP contribution >= 0.6 is 0 Å². The van der Waals surface area contributed by atoms with Crippen LogP contribution in [0.3, 0.4) is 0 Å². The molecule has 116 valence electrons. The predicted molar refractivity (Wildman–Crippen MR) is 78.3 cm³/mol. The molecular weight excluding hydrogens is 302 g/mol. The van der Waals surface area contributed by atoms with Crippen molar-refractivity contribution in [1.29, 1.82) is 0 Å². The molecule has 0 spiro atoms. The summed E-state index contributed by atoms with van der Waals surface area (Å²) in [6.45, 7) is -0.564. The summed E-state index contributed by atoms with van der Waals surface area (Å²) in [5, 5.41) is 25.3. The molecule has 0 aromatic carbocycles. The van der Waals surface area contributed by atoms with Crippen LogP contribution in [0, 0.1) is 0 Å². The minimum atomic E-state index is -1.19. The molecule has 0 bridgehead atoms. The highest BCUT2D eigenvalue weighted by Gasteiger charge is 2.19. The minimum Gasteiger partial charge on any atom is -0.505 e. The Morgan fingerprint density at radius 1 is 1.22 bits per heavy atom. The lowest BCUT2D eigenvalue weighted by Gasteiger charge is -2.06. The first-order valence-corrected chi connectivity index (χ1v) is 6.55. The van der Waals surface area contributed by atoms with Crippen molar-refractivity contribution in [3.63, 3.8) is 0 Å². The molecule has 9 heteroatoms. The van der Waals surface area contributed by atoms with Gasteiger partial charge in [-0.3, -0.25) is 9.59 Å². The van der Waals surface area contributed by atoms with Crippen molar-refractivity contribution in [1.82, 2.24) is 25.1 Å². The first-order chi connectivity index (χ1) is 11.1. The first-order valence-electron chi connectivity index (χ1n) is 6.55. The highest BCUT2D eigenvalue weighted by molar-refractivity contribution is 6.01. The Bertz CT molecular complexity index is 891. The van der Waals surface area contributed by atoms with Gasteiger partial charge in [0.25, 0.3) is 5.91 Å². The normalized spacial score (nSPS) is 10.6. The van der Waals surface area contributed by atoms with E-state index in [4.69, 9.17) is 5.11 Å². The van der Waals surface area contributed by atoms with Gasteiger partial charge in [0, 0.05) is 6.20 Å². The Balaban J connectivity index is 2.01. The van der Waals surface area contributed by atoms with Crippen molar-refractivity contribution >= 4 is 22.8 Å². The Hall–Kier alpha value is -3.49. The highest BCUT2D eigenvalue weighted by Crippen LogP contribution is 2.27. The van der Waals surface area contributed by atoms with Gasteiger partial charge in [0.1, 0.15) is 6.54 Å². The van der Waals surface area contributed by atoms with Gasteiger partial charge in [0.05, 0.1) is 23.3 Å². The van der Waals surface area contributed by atoms with E-state index in [9.17, 15) is 14.7 Å². The van der Waals surface area contributed by atoms with Crippen LogP contribution < -0.4 is 5.32 Å². The third-order valence-electron chi connectivity index (χ3n) is 3.08. The standard InChI is InChI=1S/C14H11N5O4/c20-11(21)7-17-14(23)12-13(22)8-5-18-19(9(8)6-16-12)10-3-1-2-4-15-10/h1-6,22H,7H2,(H,17,23)(H,20,21). The summed E-state index contributed by atoms with van der Waals surface area (Å²) < 4.78 is 1.47. The zero-order valence-corrected chi connectivity index (χ0v) is 11.7. The third kappa shape index (κ3) is 2.67. The fourth-order valence-corrected chi connectivity index (χ4v) is 2.05. The first kappa shape index (κ1) is 14.4. The maximum Gasteiger partial charge on any atom is 0.322 e. The van der Waals surface area contributed by atoms with Crippen LogP contribution in [0.4, 0.5) is 0 Å². The molecule has 0 radical (unpaired) electrons. The van der Waals surface area contributed by atoms with E-state index in [0.717, 1.165) is 0 Å². The number of nitrogens with one attached hydrogen (secondary N) is 1. The molecule has 3 aromatic heterocycles. The second kappa shape index (κ2) is 5.72. The zero-order chi connectivity index (χ0) is 16.4. The molecule has 9 nitrogen and oxygen atoms in total. The van der Waals surface area contributed by atoms with Gasteiger partial charge >= 0.3 is 5.97 Å². The molecule has 3 rings (SSSR count). The topological polar surface area (TPSA) is 130 Å². The van der Waals surface area contributed by atoms with E-state index in [2.05, 4.69) is 20.4 Å². The number of aromatic nitrogens is 4. The minimum absolute atomic E-state index is 0.265. The molecule has 0 saturated heterocycles. The van der Waals surface area contributed by atoms with Crippen LogP contribution in [0.25, 0.3) is 16.7 Å². The van der Waals surface area contributed by atoms with Crippen molar-refractivity contribution in [2.75, 3.05) is 6.54 Å². The number of aromatic hydroxyl groups is 1. The molecule has 0 fully saturated rings. The number of carboxylic acids is 1. The van der Waals surface area contributed by atoms with Crippen molar-refractivity contribution in [2.24, 2.45) is 0 Å². The maximum atomic E-state index is 11.9. The molecule has 0 unspecified atom stereocenters. The number of carbonyl (C=O) groups excluding carboxylic acids is 1. The monoisotopic (exact) mass is 313 g/mol. The highest BCUT2D eigenvalue weighted by atomic mass is 16.4. The van der Waals surface area contributed by atoms with E-state index in [1.807, 2.05) is 0 Å². The fourth-order valence-electron chi connectivity index (χ4n) is 2.05. The molecule has 3 aromatic rings. The summed E-state index contributed by atoms with van der Waals surface area (Å²) in [6.07, 6.45) is 4.35. The summed E-state index contributed by atoms with van der Waals surface area (Å²) >= 11 is 0. The quantitative estimate of drug-likeness (QED) is 0.633. The summed E-state index contributed by atoms with van der Waals surface area (Å²) in [4.78, 5) is 30.4. The Morgan fingerprint density at radius 3 is 2.74 bits per heavy atom. The summed E-state index contributed by atoms with van der Waals surface area (Å²) in [5.41, 5.74) is 0.204. The van der Waals surface area contributed by atoms with Crippen molar-refractivity contribution in [2.45, 2.75) is 0 Å². The number of aliphatic carboxylic acids is 1. The Morgan fingerprint density at radius 2 is 2.04 bits per heavy atom. The van der Waals surface area contributed by atoms with Crippen molar-refractivity contribution in [3.05, 3.63) is 42.5 Å². The van der Waals surface area contributed by atoms with Gasteiger partial charge in [-0.2, -0.15) is 5.10 Å². The number of fused-ring (bicyclic) bond motifs is 1. The van der Waals surface area contributed by atoms with Gasteiger partial charge in [0.2, 0.25) is 0 Å². The van der Waals surface area contributed by atoms with Crippen LogP contribution in [0.1, 0.15) is 10.5 Å². The lowest BCUT2D eigenvalue weighted by Crippen LogP contribution is -2.29. The van der Waals surface area contributed by atoms with E-state index >= 15 is 0 Å². The largest absolute Gasteiger partial charge is 0.505 e. The van der Waals surface area contributed by atoms with Crippen LogP contribution in [-0.2, 0) is 4.79 Å². The number of amides is 1. The summed E-state index contributed by atoms with van der Waals surface area (Å²) in [7, 11) is 0. The van der Waals surface area contributed by atoms with Gasteiger partial charge in [-0.25, -0.2) is 14.6 Å². The maximum absolute atomic E-state index is 11.9. The zero-order valence-electron chi connectivity index (χ0n) is 11.7. The van der Waals surface area contributed by atoms with E-state index in [1.165, 1.54) is 17.1 Å². The van der Waals surface area contributed by atoms with Gasteiger partial charge < -0.3 is 15.5 Å². The van der Waals surface area contributed by atoms with E-state index in [0.29, 0.717) is 16.7 Å². The number of hydrogen-bond donors (Lipinski definition) is 3. The molecule has 0 saturated carbocycles. The number of rotatable bonds is 4. The summed E-state index contributed by atoms with van der Waals surface area (Å²) in [5.74, 6) is -1.81. The van der Waals surface area contributed by atoms with Crippen molar-refractivity contribution in [3.8, 4) is 11.6 Å². The average molecular weight is 313 g/mol. The molecule has 1 amide bonds. The second-order valence-corrected chi connectivity index (χ2v) is 4.58. The van der Waals surface area contributed by atoms with Crippen LogP contribution in [-0.4, -0.2) is 48.4 Å². The van der Waals surface area contributed by atoms with Crippen molar-refractivity contribution < 1.29 is 19.8 Å². The number of pyridine rings is 2. The average Bonchev–Trinajstić information content (AvgIpc) is 2.98. The fraction of sp³-hybridized carbons (Fsp3) is 0.0714. The smallest absolute Gasteiger partial charge is 0.322 e. The molecule has 0 atom stereocenters. The van der Waals surface area contributed by atoms with Gasteiger partial charge in [-0.1, -0.05) is 6.07 Å². The Kier molecular flexibility index (Phi) is 3.59. The van der Waals surface area contributed by atoms with Gasteiger partial charge in [-0.15, -0.1) is 0 Å². The SMILES string of the molecule is O=C(O)CNC(=O)c1ncc2c(cnn2-c2ccccn2)c1O. The molecule has 23 heavy (non-hydrogen) atoms. The number of carboxylic acid groups (broad SMARTS) is 1. The lowest BCUT2D eigenvalue weighted by atomic mass is 10.2. The van der Waals surface area contributed by atoms with Crippen LogP contribution in [0.2, 0.25) is 0 Å². The molecule has 3 N–H and O–H groups in total. The van der Waals surface area contributed by atoms with E-state index in [1.54, 1.807) is 24.4 Å². The lowest BCUT2D eigenvalue weighted by molar-refractivity contribution is -0.135. The molecular formula is C14H11N5O4. The Labute approximate surface area is 129 Å². The second-order valence-electron chi connectivity index (χ2n) is 4.58. The molecule has 0 aliphatic rings. The number of hydrogen-bond acceptors (Lipinski definition) is 6. The third-order valence-corrected chi connectivity index (χ3v) is 3.08. The van der Waals surface area contributed by atoms with Gasteiger partial charge in [-0.05, 0) is 12.1 Å². The van der Waals surface area contributed by atoms with E-state index in [-0.39, 0.29) is 11.4 Å². The van der Waals surface area contributed by atoms with Crippen LogP contribution in [0.15, 0.2) is 36.8 Å². The molecule has 0 aliphatic heterocycles. The summed E-state index contributed by atoms with van der Waals surface area (Å²) in [6, 6.07) is 5.28. The predicted octanol–water partition coefficient (Wildman–Crippen LogP) is 0.335. The van der Waals surface area contributed by atoms with E-state index < -0.39 is 18.4 Å². The molecule has 0 aliphatic carbocycles. The number of nitrogens with zero attached hydrogens (tertiary/aromatic N) is 4. The van der Waals surface area contributed by atoms with Gasteiger partial charge in [0.15, 0.2) is 17.3 Å². The van der Waals surface area contributed by atoms with Crippen LogP contribution in [0.5, 0.6) is 5.75 Å². The molecule has 3 heterocycles.